The molecule has 1 unspecified atom stereocenters. The van der Waals surface area contributed by atoms with E-state index in [1.54, 1.807) is 20.2 Å². The number of anilines is 1. The van der Waals surface area contributed by atoms with Crippen molar-refractivity contribution < 1.29 is 34.8 Å². The van der Waals surface area contributed by atoms with Gasteiger partial charge in [0.25, 0.3) is 5.91 Å². The molecule has 0 aromatic heterocycles. The third-order valence-electron chi connectivity index (χ3n) is 6.62. The van der Waals surface area contributed by atoms with E-state index in [-0.39, 0.29) is 29.7 Å². The van der Waals surface area contributed by atoms with Gasteiger partial charge in [0.1, 0.15) is 22.8 Å². The molecule has 164 valence electrons. The Bertz CT molecular complexity index is 1120. The minimum Gasteiger partial charge on any atom is -0.508 e. The molecule has 8 N–H and O–H groups in total. The van der Waals surface area contributed by atoms with Gasteiger partial charge in [-0.3, -0.25) is 19.3 Å². The molecule has 31 heavy (non-hydrogen) atoms. The van der Waals surface area contributed by atoms with Crippen molar-refractivity contribution in [3.05, 3.63) is 40.2 Å². The van der Waals surface area contributed by atoms with Crippen molar-refractivity contribution in [2.75, 3.05) is 19.8 Å². The number of primary amides is 1. The van der Waals surface area contributed by atoms with E-state index in [1.165, 1.54) is 11.0 Å². The van der Waals surface area contributed by atoms with E-state index >= 15 is 0 Å². The minimum absolute atomic E-state index is 0.00103. The van der Waals surface area contributed by atoms with Crippen LogP contribution in [-0.2, 0) is 20.8 Å². The molecule has 0 saturated heterocycles. The van der Waals surface area contributed by atoms with E-state index in [2.05, 4.69) is 0 Å². The van der Waals surface area contributed by atoms with Gasteiger partial charge >= 0.3 is 0 Å². The summed E-state index contributed by atoms with van der Waals surface area (Å²) in [5.74, 6) is -6.84. The van der Waals surface area contributed by atoms with Crippen LogP contribution in [-0.4, -0.2) is 68.5 Å². The Hall–Kier alpha value is -3.37. The van der Waals surface area contributed by atoms with Crippen LogP contribution in [0.15, 0.2) is 29.0 Å². The fourth-order valence-corrected chi connectivity index (χ4v) is 5.23. The third-order valence-corrected chi connectivity index (χ3v) is 6.62. The van der Waals surface area contributed by atoms with Crippen molar-refractivity contribution in [1.82, 2.24) is 4.90 Å². The molecule has 0 heterocycles. The lowest BCUT2D eigenvalue weighted by Gasteiger charge is -2.50. The number of rotatable bonds is 2. The number of aromatic hydroxyl groups is 1. The number of likely N-dealkylation sites (N-methyl/N-ethyl adjacent to an activating group) is 1. The maximum absolute atomic E-state index is 13.5. The summed E-state index contributed by atoms with van der Waals surface area (Å²) in [6.07, 6.45) is 0.291. The van der Waals surface area contributed by atoms with Crippen molar-refractivity contribution in [1.29, 1.82) is 0 Å². The first-order chi connectivity index (χ1) is 14.4. The molecule has 1 aromatic carbocycles. The highest BCUT2D eigenvalue weighted by atomic mass is 16.3. The number of carbonyl (C=O) groups excluding carboxylic acids is 3. The molecule has 4 atom stereocenters. The first-order valence-electron chi connectivity index (χ1n) is 9.68. The summed E-state index contributed by atoms with van der Waals surface area (Å²) in [7, 11) is 3.10. The molecule has 1 aromatic rings. The highest BCUT2D eigenvalue weighted by Crippen LogP contribution is 2.52. The Morgan fingerprint density at radius 3 is 2.42 bits per heavy atom. The average molecular weight is 429 g/mol. The Morgan fingerprint density at radius 2 is 1.84 bits per heavy atom. The zero-order valence-electron chi connectivity index (χ0n) is 16.9. The molecule has 1 fully saturated rings. The maximum Gasteiger partial charge on any atom is 0.255 e. The molecule has 10 nitrogen and oxygen atoms in total. The molecule has 1 saturated carbocycles. The van der Waals surface area contributed by atoms with Crippen LogP contribution in [0.1, 0.15) is 17.5 Å². The monoisotopic (exact) mass is 429 g/mol. The van der Waals surface area contributed by atoms with E-state index in [0.717, 1.165) is 0 Å². The van der Waals surface area contributed by atoms with Gasteiger partial charge in [-0.2, -0.15) is 0 Å². The smallest absolute Gasteiger partial charge is 0.255 e. The van der Waals surface area contributed by atoms with Gasteiger partial charge in [0.2, 0.25) is 5.78 Å². The zero-order chi connectivity index (χ0) is 23.0. The van der Waals surface area contributed by atoms with Gasteiger partial charge in [0.15, 0.2) is 11.4 Å². The molecule has 3 aliphatic rings. The standard InChI is InChI=1S/C21H23N3O7/c1-24(2)14-9-6-8-5-7-3-4-10(22)15(25)11(7)16(26)12(8)18(28)21(9,31)19(29)13(17(14)27)20(23)30/h3-4,8-9,14,25-26,29,31H,5-6,22H2,1-2H3,(H2,23,30)/t8-,9-,14?,21-/m0/s1. The summed E-state index contributed by atoms with van der Waals surface area (Å²) in [4.78, 5) is 39.8. The van der Waals surface area contributed by atoms with Crippen LogP contribution < -0.4 is 11.5 Å². The largest absolute Gasteiger partial charge is 0.508 e. The number of phenols is 1. The summed E-state index contributed by atoms with van der Waals surface area (Å²) in [6, 6.07) is 2.01. The normalized spacial score (nSPS) is 30.3. The van der Waals surface area contributed by atoms with Gasteiger partial charge in [-0.15, -0.1) is 0 Å². The molecule has 0 bridgehead atoms. The van der Waals surface area contributed by atoms with E-state index in [1.807, 2.05) is 0 Å². The second-order valence-corrected chi connectivity index (χ2v) is 8.50. The van der Waals surface area contributed by atoms with E-state index in [4.69, 9.17) is 11.5 Å². The number of aliphatic hydroxyl groups excluding tert-OH is 2. The number of hydrogen-bond donors (Lipinski definition) is 6. The van der Waals surface area contributed by atoms with Crippen molar-refractivity contribution in [3.8, 4) is 5.75 Å². The fraction of sp³-hybridized carbons (Fsp3) is 0.381. The van der Waals surface area contributed by atoms with Crippen LogP contribution in [0.2, 0.25) is 0 Å². The van der Waals surface area contributed by atoms with Crippen LogP contribution in [0.3, 0.4) is 0 Å². The quantitative estimate of drug-likeness (QED) is 0.205. The number of fused-ring (bicyclic) bond motifs is 3. The molecular weight excluding hydrogens is 406 g/mol. The second kappa shape index (κ2) is 6.56. The zero-order valence-corrected chi connectivity index (χ0v) is 16.9. The number of nitrogens with two attached hydrogens (primary N) is 2. The van der Waals surface area contributed by atoms with E-state index in [9.17, 15) is 34.8 Å². The molecule has 1 amide bonds. The van der Waals surface area contributed by atoms with Crippen LogP contribution in [0.4, 0.5) is 5.69 Å². The number of benzene rings is 1. The summed E-state index contributed by atoms with van der Waals surface area (Å²) in [6.45, 7) is 0. The second-order valence-electron chi connectivity index (χ2n) is 8.50. The Morgan fingerprint density at radius 1 is 1.19 bits per heavy atom. The van der Waals surface area contributed by atoms with Gasteiger partial charge < -0.3 is 31.9 Å². The van der Waals surface area contributed by atoms with Gasteiger partial charge in [-0.1, -0.05) is 6.07 Å². The lowest BCUT2D eigenvalue weighted by Crippen LogP contribution is -2.65. The molecule has 0 aliphatic heterocycles. The summed E-state index contributed by atoms with van der Waals surface area (Å²) >= 11 is 0. The van der Waals surface area contributed by atoms with Crippen LogP contribution in [0, 0.1) is 11.8 Å². The van der Waals surface area contributed by atoms with Crippen LogP contribution in [0.5, 0.6) is 5.75 Å². The number of carbonyl (C=O) groups is 3. The SMILES string of the molecule is CN(C)C1C(=O)C(C(N)=O)=C(O)[C@@]2(O)C(=O)C3=C(O)c4c(ccc(N)c4O)C[C@H]3C[C@@H]12. The Kier molecular flexibility index (Phi) is 4.42. The van der Waals surface area contributed by atoms with Gasteiger partial charge in [-0.05, 0) is 44.5 Å². The topological polar surface area (TPSA) is 187 Å². The predicted molar refractivity (Wildman–Crippen MR) is 109 cm³/mol. The molecule has 0 spiro atoms. The fourth-order valence-electron chi connectivity index (χ4n) is 5.23. The summed E-state index contributed by atoms with van der Waals surface area (Å²) in [5, 5.41) is 43.4. The molecular formula is C21H23N3O7. The Labute approximate surface area is 177 Å². The number of nitrogen functional groups attached to an aromatic ring is 1. The first-order valence-corrected chi connectivity index (χ1v) is 9.68. The average Bonchev–Trinajstić information content (AvgIpc) is 2.67. The van der Waals surface area contributed by atoms with Gasteiger partial charge in [0, 0.05) is 11.5 Å². The number of aliphatic hydroxyl groups is 3. The van der Waals surface area contributed by atoms with Crippen molar-refractivity contribution in [2.45, 2.75) is 24.5 Å². The summed E-state index contributed by atoms with van der Waals surface area (Å²) in [5.41, 5.74) is 7.85. The first kappa shape index (κ1) is 20.9. The maximum atomic E-state index is 13.5. The number of nitrogens with zero attached hydrogens (tertiary/aromatic N) is 1. The number of amides is 1. The molecule has 3 aliphatic carbocycles. The number of phenolic OH excluding ortho intramolecular Hbond substituents is 1. The number of ketones is 2. The lowest BCUT2D eigenvalue weighted by molar-refractivity contribution is -0.153. The highest BCUT2D eigenvalue weighted by Gasteiger charge is 2.64. The molecule has 0 radical (unpaired) electrons. The minimum atomic E-state index is -2.64. The Balaban J connectivity index is 1.98. The molecule has 10 heteroatoms. The van der Waals surface area contributed by atoms with Crippen molar-refractivity contribution in [3.63, 3.8) is 0 Å². The van der Waals surface area contributed by atoms with Crippen molar-refractivity contribution in [2.24, 2.45) is 17.6 Å². The lowest BCUT2D eigenvalue weighted by atomic mass is 9.57. The predicted octanol–water partition coefficient (Wildman–Crippen LogP) is -0.454. The number of hydrogen-bond acceptors (Lipinski definition) is 9. The number of Topliss-reactive ketones (excluding diaryl/α,β-unsaturated/α-hetero) is 2. The third kappa shape index (κ3) is 2.55. The van der Waals surface area contributed by atoms with Gasteiger partial charge in [0.05, 0.1) is 17.3 Å². The van der Waals surface area contributed by atoms with E-state index < -0.39 is 63.8 Å². The highest BCUT2D eigenvalue weighted by molar-refractivity contribution is 6.24. The summed E-state index contributed by atoms with van der Waals surface area (Å²) < 4.78 is 0. The van der Waals surface area contributed by atoms with E-state index in [0.29, 0.717) is 5.56 Å². The van der Waals surface area contributed by atoms with Crippen LogP contribution >= 0.6 is 0 Å². The van der Waals surface area contributed by atoms with Crippen LogP contribution in [0.25, 0.3) is 5.76 Å². The molecule has 4 rings (SSSR count). The van der Waals surface area contributed by atoms with Gasteiger partial charge in [-0.25, -0.2) is 0 Å². The van der Waals surface area contributed by atoms with Crippen molar-refractivity contribution >= 4 is 28.9 Å².